The van der Waals surface area contributed by atoms with E-state index in [1.54, 1.807) is 0 Å². The van der Waals surface area contributed by atoms with E-state index in [-0.39, 0.29) is 0 Å². The van der Waals surface area contributed by atoms with Crippen LogP contribution in [0.15, 0.2) is 29.2 Å². The van der Waals surface area contributed by atoms with E-state index in [0.29, 0.717) is 4.90 Å². The number of alkyl halides is 3. The molecule has 0 fully saturated rings. The third-order valence-corrected chi connectivity index (χ3v) is 1.55. The van der Waals surface area contributed by atoms with E-state index in [1.165, 1.54) is 12.1 Å². The second-order valence-corrected chi connectivity index (χ2v) is 2.65. The Hall–Kier alpha value is -0.640. The largest absolute Gasteiger partial charge is 0.416 e. The summed E-state index contributed by atoms with van der Waals surface area (Å²) in [7, 11) is 0. The Morgan fingerprint density at radius 3 is 1.82 bits per heavy atom. The molecule has 1 aromatic carbocycles. The summed E-state index contributed by atoms with van der Waals surface area (Å²) >= 11 is 3.09. The molecule has 0 aliphatic carbocycles. The Morgan fingerprint density at radius 1 is 1.00 bits per heavy atom. The van der Waals surface area contributed by atoms with Gasteiger partial charge in [-0.3, -0.25) is 0 Å². The maximum atomic E-state index is 11.9. The van der Waals surface area contributed by atoms with Crippen molar-refractivity contribution in [1.29, 1.82) is 0 Å². The molecule has 0 bridgehead atoms. The molecule has 0 saturated heterocycles. The first kappa shape index (κ1) is 8.46. The highest BCUT2D eigenvalue weighted by Crippen LogP contribution is 2.28. The lowest BCUT2D eigenvalue weighted by Gasteiger charge is -2.04. The van der Waals surface area contributed by atoms with Crippen LogP contribution in [0.3, 0.4) is 0 Å². The number of halogens is 3. The number of hydrogen-bond donors (Lipinski definition) is 0. The Balaban J connectivity index is 2.99. The molecule has 11 heavy (non-hydrogen) atoms. The summed E-state index contributed by atoms with van der Waals surface area (Å²) in [6.07, 6.45) is -4.24. The van der Waals surface area contributed by atoms with Gasteiger partial charge in [0, 0.05) is 0 Å². The molecule has 0 atom stereocenters. The molecule has 0 heterocycles. The topological polar surface area (TPSA) is 0 Å². The van der Waals surface area contributed by atoms with Crippen LogP contribution in [0.25, 0.3) is 0 Å². The average molecular weight is 179 g/mol. The van der Waals surface area contributed by atoms with Gasteiger partial charge in [0.05, 0.1) is 5.56 Å². The third-order valence-electron chi connectivity index (χ3n) is 1.21. The molecular formula is C7H6F3S+. The number of hydrogen-bond acceptors (Lipinski definition) is 0. The van der Waals surface area contributed by atoms with Crippen molar-refractivity contribution < 1.29 is 13.2 Å². The highest BCUT2D eigenvalue weighted by molar-refractivity contribution is 7.58. The summed E-state index contributed by atoms with van der Waals surface area (Å²) in [5.74, 6) is 0. The zero-order chi connectivity index (χ0) is 8.48. The van der Waals surface area contributed by atoms with Crippen LogP contribution in [0.5, 0.6) is 0 Å². The highest BCUT2D eigenvalue weighted by Gasteiger charge is 2.29. The first-order valence-corrected chi connectivity index (χ1v) is 3.39. The fraction of sp³-hybridized carbons (Fsp3) is 0.143. The molecule has 4 heteroatoms. The lowest BCUT2D eigenvalue weighted by molar-refractivity contribution is -0.137. The van der Waals surface area contributed by atoms with Gasteiger partial charge in [-0.05, 0) is 36.9 Å². The summed E-state index contributed by atoms with van der Waals surface area (Å²) < 4.78 is 35.7. The molecule has 60 valence electrons. The molecule has 0 nitrogen and oxygen atoms in total. The SMILES string of the molecule is FC(F)(F)c1ccc([SH2+])cc1. The van der Waals surface area contributed by atoms with Crippen LogP contribution in [0.2, 0.25) is 0 Å². The van der Waals surface area contributed by atoms with E-state index in [0.717, 1.165) is 12.1 Å². The second kappa shape index (κ2) is 2.77. The standard InChI is InChI=1S/C7H5F3S/c8-7(9,10)5-1-3-6(11)4-2-5/h1-4,11H/p+1. The lowest BCUT2D eigenvalue weighted by Crippen LogP contribution is -2.03. The molecule has 0 aliphatic rings. The van der Waals surface area contributed by atoms with E-state index in [1.807, 2.05) is 0 Å². The molecule has 0 aliphatic heterocycles. The average Bonchev–Trinajstić information content (AvgIpc) is 1.86. The molecule has 1 rings (SSSR count). The van der Waals surface area contributed by atoms with E-state index in [2.05, 4.69) is 12.6 Å². The summed E-state index contributed by atoms with van der Waals surface area (Å²) in [5, 5.41) is 0. The third kappa shape index (κ3) is 2.15. The van der Waals surface area contributed by atoms with Gasteiger partial charge in [-0.15, -0.1) is 0 Å². The van der Waals surface area contributed by atoms with Gasteiger partial charge in [0.25, 0.3) is 0 Å². The molecule has 0 amide bonds. The summed E-state index contributed by atoms with van der Waals surface area (Å²) in [6.45, 7) is 0. The van der Waals surface area contributed by atoms with Crippen LogP contribution >= 0.6 is 0 Å². The lowest BCUT2D eigenvalue weighted by atomic mass is 10.2. The minimum Gasteiger partial charge on any atom is -0.166 e. The molecule has 0 saturated carbocycles. The summed E-state index contributed by atoms with van der Waals surface area (Å²) in [6, 6.07) is 4.78. The molecule has 0 aromatic heterocycles. The van der Waals surface area contributed by atoms with Crippen molar-refractivity contribution in [1.82, 2.24) is 0 Å². The Bertz CT molecular complexity index is 237. The first-order chi connectivity index (χ1) is 5.00. The minimum atomic E-state index is -4.24. The van der Waals surface area contributed by atoms with Crippen LogP contribution in [-0.2, 0) is 18.8 Å². The molecule has 0 spiro atoms. The van der Waals surface area contributed by atoms with Crippen molar-refractivity contribution in [2.75, 3.05) is 0 Å². The van der Waals surface area contributed by atoms with Gasteiger partial charge in [0.15, 0.2) is 0 Å². The van der Waals surface area contributed by atoms with Gasteiger partial charge >= 0.3 is 6.18 Å². The molecule has 0 N–H and O–H groups in total. The van der Waals surface area contributed by atoms with Crippen LogP contribution < -0.4 is 0 Å². The maximum Gasteiger partial charge on any atom is 0.416 e. The summed E-state index contributed by atoms with van der Waals surface area (Å²) in [5.41, 5.74) is -0.625. The number of rotatable bonds is 0. The second-order valence-electron chi connectivity index (χ2n) is 2.08. The molecule has 0 unspecified atom stereocenters. The first-order valence-electron chi connectivity index (χ1n) is 2.89. The fourth-order valence-corrected chi connectivity index (χ4v) is 0.826. The van der Waals surface area contributed by atoms with Crippen molar-refractivity contribution >= 4 is 12.6 Å². The zero-order valence-corrected chi connectivity index (χ0v) is 6.44. The number of benzene rings is 1. The quantitative estimate of drug-likeness (QED) is 0.535. The Kier molecular flexibility index (Phi) is 2.13. The molecule has 0 radical (unpaired) electrons. The van der Waals surface area contributed by atoms with Crippen molar-refractivity contribution in [2.24, 2.45) is 0 Å². The van der Waals surface area contributed by atoms with Gasteiger partial charge in [-0.25, -0.2) is 0 Å². The van der Waals surface area contributed by atoms with Crippen LogP contribution in [-0.4, -0.2) is 0 Å². The van der Waals surface area contributed by atoms with E-state index >= 15 is 0 Å². The normalized spacial score (nSPS) is 11.6. The van der Waals surface area contributed by atoms with Crippen molar-refractivity contribution in [3.05, 3.63) is 29.8 Å². The van der Waals surface area contributed by atoms with Gasteiger partial charge < -0.3 is 0 Å². The van der Waals surface area contributed by atoms with E-state index in [9.17, 15) is 13.2 Å². The maximum absolute atomic E-state index is 11.9. The Labute approximate surface area is 67.4 Å². The van der Waals surface area contributed by atoms with Gasteiger partial charge in [-0.2, -0.15) is 13.2 Å². The smallest absolute Gasteiger partial charge is 0.166 e. The van der Waals surface area contributed by atoms with Crippen LogP contribution in [0.1, 0.15) is 5.56 Å². The van der Waals surface area contributed by atoms with Crippen LogP contribution in [0.4, 0.5) is 13.2 Å². The minimum absolute atomic E-state index is 0.625. The van der Waals surface area contributed by atoms with Crippen LogP contribution in [0, 0.1) is 0 Å². The predicted molar refractivity (Wildman–Crippen MR) is 39.9 cm³/mol. The predicted octanol–water partition coefficient (Wildman–Crippen LogP) is 2.08. The van der Waals surface area contributed by atoms with Crippen molar-refractivity contribution in [2.45, 2.75) is 11.1 Å². The van der Waals surface area contributed by atoms with Gasteiger partial charge in [0.1, 0.15) is 4.90 Å². The van der Waals surface area contributed by atoms with Gasteiger partial charge in [0.2, 0.25) is 0 Å². The Morgan fingerprint density at radius 2 is 1.45 bits per heavy atom. The zero-order valence-electron chi connectivity index (χ0n) is 5.44. The highest BCUT2D eigenvalue weighted by atomic mass is 32.1. The van der Waals surface area contributed by atoms with Gasteiger partial charge in [-0.1, -0.05) is 0 Å². The monoisotopic (exact) mass is 179 g/mol. The van der Waals surface area contributed by atoms with Crippen molar-refractivity contribution in [3.8, 4) is 0 Å². The van der Waals surface area contributed by atoms with E-state index in [4.69, 9.17) is 0 Å². The molecular weight excluding hydrogens is 173 g/mol. The molecule has 1 aromatic rings. The summed E-state index contributed by atoms with van der Waals surface area (Å²) in [4.78, 5) is 0.637. The van der Waals surface area contributed by atoms with E-state index < -0.39 is 11.7 Å². The fourth-order valence-electron chi connectivity index (χ4n) is 0.659. The van der Waals surface area contributed by atoms with Crippen molar-refractivity contribution in [3.63, 3.8) is 0 Å².